The van der Waals surface area contributed by atoms with Crippen LogP contribution < -0.4 is 10.6 Å². The van der Waals surface area contributed by atoms with E-state index in [4.69, 9.17) is 10.8 Å². The molecule has 20 heavy (non-hydrogen) atoms. The number of anilines is 2. The van der Waals surface area contributed by atoms with Crippen molar-refractivity contribution >= 4 is 34.6 Å². The maximum atomic E-state index is 11.5. The van der Waals surface area contributed by atoms with Crippen molar-refractivity contribution in [3.8, 4) is 0 Å². The lowest BCUT2D eigenvalue weighted by Crippen LogP contribution is -2.16. The third kappa shape index (κ3) is 5.90. The molecule has 0 unspecified atom stereocenters. The summed E-state index contributed by atoms with van der Waals surface area (Å²) in [7, 11) is 0. The summed E-state index contributed by atoms with van der Waals surface area (Å²) >= 11 is 0. The molecular formula is C14H18N4O2. The molecular weight excluding hydrogens is 256 g/mol. The summed E-state index contributed by atoms with van der Waals surface area (Å²) in [6, 6.07) is 6.75. The molecule has 1 aromatic carbocycles. The number of carbonyl (C=O) groups excluding carboxylic acids is 2. The Kier molecular flexibility index (Phi) is 5.58. The van der Waals surface area contributed by atoms with Gasteiger partial charge in [-0.3, -0.25) is 9.59 Å². The molecule has 0 atom stereocenters. The van der Waals surface area contributed by atoms with Crippen LogP contribution in [0.2, 0.25) is 0 Å². The van der Waals surface area contributed by atoms with Crippen LogP contribution in [0.4, 0.5) is 11.4 Å². The van der Waals surface area contributed by atoms with Gasteiger partial charge in [-0.15, -0.1) is 0 Å². The van der Waals surface area contributed by atoms with Gasteiger partial charge in [-0.1, -0.05) is 6.07 Å². The minimum absolute atomic E-state index is 0.0452. The van der Waals surface area contributed by atoms with Crippen molar-refractivity contribution in [1.82, 2.24) is 0 Å². The fourth-order valence-electron chi connectivity index (χ4n) is 1.57. The molecule has 0 aromatic heterocycles. The van der Waals surface area contributed by atoms with Crippen molar-refractivity contribution in [2.75, 3.05) is 10.6 Å². The van der Waals surface area contributed by atoms with Gasteiger partial charge in [0.1, 0.15) is 0 Å². The van der Waals surface area contributed by atoms with E-state index in [0.29, 0.717) is 11.4 Å². The molecule has 0 saturated heterocycles. The normalized spacial score (nSPS) is 9.70. The number of hydrogen-bond acceptors (Lipinski definition) is 4. The van der Waals surface area contributed by atoms with Crippen molar-refractivity contribution in [2.45, 2.75) is 26.7 Å². The van der Waals surface area contributed by atoms with Crippen molar-refractivity contribution in [2.24, 2.45) is 0 Å². The summed E-state index contributed by atoms with van der Waals surface area (Å²) in [5.41, 5.74) is 1.68. The van der Waals surface area contributed by atoms with Crippen molar-refractivity contribution in [3.05, 3.63) is 24.3 Å². The van der Waals surface area contributed by atoms with E-state index in [0.717, 1.165) is 0 Å². The number of carbonyl (C=O) groups is 2. The van der Waals surface area contributed by atoms with Gasteiger partial charge in [-0.2, -0.15) is 0 Å². The number of amides is 2. The van der Waals surface area contributed by atoms with Gasteiger partial charge < -0.3 is 21.5 Å². The SMILES string of the molecule is CC(=N)CC(=O)Nc1cccc(NC(=O)CC(C)=N)c1. The Bertz CT molecular complexity index is 507. The van der Waals surface area contributed by atoms with Gasteiger partial charge in [0.15, 0.2) is 0 Å². The minimum atomic E-state index is -0.267. The van der Waals surface area contributed by atoms with Crippen LogP contribution in [-0.4, -0.2) is 23.2 Å². The fraction of sp³-hybridized carbons (Fsp3) is 0.286. The molecule has 0 bridgehead atoms. The molecule has 1 rings (SSSR count). The predicted octanol–water partition coefficient (Wildman–Crippen LogP) is 2.42. The molecule has 0 aliphatic heterocycles. The highest BCUT2D eigenvalue weighted by molar-refractivity contribution is 6.06. The molecule has 106 valence electrons. The first-order valence-electron chi connectivity index (χ1n) is 6.14. The molecule has 0 fully saturated rings. The van der Waals surface area contributed by atoms with Crippen LogP contribution in [0.1, 0.15) is 26.7 Å². The lowest BCUT2D eigenvalue weighted by atomic mass is 10.2. The average molecular weight is 274 g/mol. The van der Waals surface area contributed by atoms with Crippen molar-refractivity contribution in [1.29, 1.82) is 10.8 Å². The number of nitrogens with one attached hydrogen (secondary N) is 4. The Hall–Kier alpha value is -2.50. The molecule has 2 amide bonds. The second-order valence-corrected chi connectivity index (χ2v) is 4.59. The second kappa shape index (κ2) is 7.18. The first kappa shape index (κ1) is 15.6. The highest BCUT2D eigenvalue weighted by atomic mass is 16.2. The smallest absolute Gasteiger partial charge is 0.230 e. The van der Waals surface area contributed by atoms with E-state index in [1.165, 1.54) is 0 Å². The predicted molar refractivity (Wildman–Crippen MR) is 79.7 cm³/mol. The summed E-state index contributed by atoms with van der Waals surface area (Å²) in [5.74, 6) is -0.535. The fourth-order valence-corrected chi connectivity index (χ4v) is 1.57. The van der Waals surface area contributed by atoms with E-state index in [1.807, 2.05) is 0 Å². The van der Waals surface area contributed by atoms with Crippen LogP contribution in [0, 0.1) is 10.8 Å². The van der Waals surface area contributed by atoms with Gasteiger partial charge in [-0.05, 0) is 32.0 Å². The first-order chi connectivity index (χ1) is 9.36. The zero-order chi connectivity index (χ0) is 15.1. The van der Waals surface area contributed by atoms with E-state index in [-0.39, 0.29) is 36.1 Å². The number of rotatable bonds is 6. The zero-order valence-electron chi connectivity index (χ0n) is 11.5. The molecule has 0 aliphatic rings. The van der Waals surface area contributed by atoms with E-state index in [1.54, 1.807) is 38.1 Å². The summed E-state index contributed by atoms with van der Waals surface area (Å²) in [5, 5.41) is 19.8. The van der Waals surface area contributed by atoms with Crippen molar-refractivity contribution < 1.29 is 9.59 Å². The van der Waals surface area contributed by atoms with Crippen LogP contribution in [-0.2, 0) is 9.59 Å². The quantitative estimate of drug-likeness (QED) is 0.598. The Balaban J connectivity index is 2.66. The van der Waals surface area contributed by atoms with Gasteiger partial charge in [0.2, 0.25) is 11.8 Å². The highest BCUT2D eigenvalue weighted by Crippen LogP contribution is 2.15. The van der Waals surface area contributed by atoms with Gasteiger partial charge in [0.25, 0.3) is 0 Å². The number of hydrogen-bond donors (Lipinski definition) is 4. The molecule has 0 heterocycles. The third-order valence-corrected chi connectivity index (χ3v) is 2.28. The Morgan fingerprint density at radius 1 is 0.950 bits per heavy atom. The maximum absolute atomic E-state index is 11.5. The Labute approximate surface area is 117 Å². The minimum Gasteiger partial charge on any atom is -0.326 e. The van der Waals surface area contributed by atoms with Gasteiger partial charge in [-0.25, -0.2) is 0 Å². The molecule has 0 radical (unpaired) electrons. The molecule has 0 spiro atoms. The lowest BCUT2D eigenvalue weighted by molar-refractivity contribution is -0.115. The Morgan fingerprint density at radius 3 is 1.70 bits per heavy atom. The molecule has 6 nitrogen and oxygen atoms in total. The summed E-state index contributed by atoms with van der Waals surface area (Å²) in [6.07, 6.45) is 0.0904. The maximum Gasteiger partial charge on any atom is 0.230 e. The summed E-state index contributed by atoms with van der Waals surface area (Å²) in [6.45, 7) is 3.13. The molecule has 0 saturated carbocycles. The summed E-state index contributed by atoms with van der Waals surface area (Å²) in [4.78, 5) is 23.1. The average Bonchev–Trinajstić information content (AvgIpc) is 2.26. The van der Waals surface area contributed by atoms with E-state index < -0.39 is 0 Å². The van der Waals surface area contributed by atoms with Crippen LogP contribution >= 0.6 is 0 Å². The number of benzene rings is 1. The highest BCUT2D eigenvalue weighted by Gasteiger charge is 2.06. The van der Waals surface area contributed by atoms with Gasteiger partial charge in [0.05, 0.1) is 12.8 Å². The van der Waals surface area contributed by atoms with Crippen molar-refractivity contribution in [3.63, 3.8) is 0 Å². The Morgan fingerprint density at radius 2 is 1.35 bits per heavy atom. The van der Waals surface area contributed by atoms with E-state index in [9.17, 15) is 9.59 Å². The largest absolute Gasteiger partial charge is 0.326 e. The summed E-state index contributed by atoms with van der Waals surface area (Å²) < 4.78 is 0. The topological polar surface area (TPSA) is 106 Å². The van der Waals surface area contributed by atoms with E-state index in [2.05, 4.69) is 10.6 Å². The molecule has 0 aliphatic carbocycles. The van der Waals surface area contributed by atoms with Crippen LogP contribution in [0.15, 0.2) is 24.3 Å². The molecule has 6 heteroatoms. The second-order valence-electron chi connectivity index (χ2n) is 4.59. The molecule has 4 N–H and O–H groups in total. The monoisotopic (exact) mass is 274 g/mol. The van der Waals surface area contributed by atoms with E-state index >= 15 is 0 Å². The van der Waals surface area contributed by atoms with Gasteiger partial charge >= 0.3 is 0 Å². The van der Waals surface area contributed by atoms with Crippen LogP contribution in [0.25, 0.3) is 0 Å². The zero-order valence-corrected chi connectivity index (χ0v) is 11.5. The first-order valence-corrected chi connectivity index (χ1v) is 6.14. The van der Waals surface area contributed by atoms with Crippen LogP contribution in [0.3, 0.4) is 0 Å². The lowest BCUT2D eigenvalue weighted by Gasteiger charge is -2.08. The third-order valence-electron chi connectivity index (χ3n) is 2.28. The molecule has 1 aromatic rings. The standard InChI is InChI=1S/C14H18N4O2/c1-9(15)6-13(19)17-11-4-3-5-12(8-11)18-14(20)7-10(2)16/h3-5,8,15-16H,6-7H2,1-2H3,(H,17,19)(H,18,20). The van der Waals surface area contributed by atoms with Gasteiger partial charge in [0, 0.05) is 22.8 Å². The van der Waals surface area contributed by atoms with Crippen LogP contribution in [0.5, 0.6) is 0 Å².